The third kappa shape index (κ3) is 4.15. The summed E-state index contributed by atoms with van der Waals surface area (Å²) >= 11 is 0. The molecule has 0 amide bonds. The number of aryl methyl sites for hydroxylation is 1. The molecule has 0 aliphatic carbocycles. The van der Waals surface area contributed by atoms with Crippen LogP contribution < -0.4 is 69.3 Å². The van der Waals surface area contributed by atoms with Gasteiger partial charge in [-0.3, -0.25) is 0 Å². The normalized spacial score (nSPS) is 9.96. The van der Waals surface area contributed by atoms with Crippen molar-refractivity contribution in [3.8, 4) is 17.1 Å². The Balaban J connectivity index is 0.00000132. The second kappa shape index (κ2) is 8.28. The fourth-order valence-corrected chi connectivity index (χ4v) is 2.22. The van der Waals surface area contributed by atoms with Crippen LogP contribution in [-0.4, -0.2) is 20.6 Å². The molecule has 3 aromatic rings. The van der Waals surface area contributed by atoms with Gasteiger partial charge in [-0.15, -0.1) is 0 Å². The summed E-state index contributed by atoms with van der Waals surface area (Å²) in [5.41, 5.74) is 2.37. The third-order valence-corrected chi connectivity index (χ3v) is 3.25. The maximum atomic E-state index is 12.3. The average molecular weight is 327 g/mol. The second-order valence-corrected chi connectivity index (χ2v) is 4.70. The predicted octanol–water partition coefficient (Wildman–Crippen LogP) is -5.92. The van der Waals surface area contributed by atoms with Gasteiger partial charge in [0.2, 0.25) is 0 Å². The molecule has 8 heteroatoms. The van der Waals surface area contributed by atoms with Gasteiger partial charge in [0.15, 0.2) is 5.65 Å². The van der Waals surface area contributed by atoms with Crippen molar-refractivity contribution in [3.63, 3.8) is 0 Å². The number of carboxylic acid groups (broad SMARTS) is 1. The molecule has 2 heterocycles. The van der Waals surface area contributed by atoms with Crippen LogP contribution in [0.15, 0.2) is 36.4 Å². The van der Waals surface area contributed by atoms with E-state index in [4.69, 9.17) is 0 Å². The summed E-state index contributed by atoms with van der Waals surface area (Å²) < 4.78 is 1.13. The minimum Gasteiger partial charge on any atom is -0.858 e. The molecule has 0 atom stereocenters. The fourth-order valence-electron chi connectivity index (χ4n) is 2.22. The van der Waals surface area contributed by atoms with Gasteiger partial charge in [-0.25, -0.2) is 9.50 Å². The summed E-state index contributed by atoms with van der Waals surface area (Å²) in [5, 5.41) is 27.2. The molecular formula is C15H11N3Na2O3. The van der Waals surface area contributed by atoms with Crippen molar-refractivity contribution < 1.29 is 74.1 Å². The summed E-state index contributed by atoms with van der Waals surface area (Å²) in [7, 11) is 0. The molecule has 0 aliphatic heterocycles. The molecule has 6 nitrogen and oxygen atoms in total. The smallest absolute Gasteiger partial charge is 0.858 e. The predicted molar refractivity (Wildman–Crippen MR) is 71.3 cm³/mol. The van der Waals surface area contributed by atoms with Gasteiger partial charge in [-0.1, -0.05) is 30.3 Å². The first-order chi connectivity index (χ1) is 10.1. The zero-order chi connectivity index (χ0) is 15.0. The van der Waals surface area contributed by atoms with Gasteiger partial charge in [0.05, 0.1) is 5.69 Å². The van der Waals surface area contributed by atoms with Gasteiger partial charge in [0.1, 0.15) is 0 Å². The van der Waals surface area contributed by atoms with Crippen LogP contribution in [0.25, 0.3) is 16.9 Å². The Kier molecular flexibility index (Phi) is 7.26. The van der Waals surface area contributed by atoms with Crippen LogP contribution >= 0.6 is 0 Å². The largest absolute Gasteiger partial charge is 1.00 e. The van der Waals surface area contributed by atoms with E-state index in [2.05, 4.69) is 10.1 Å². The van der Waals surface area contributed by atoms with Crippen molar-refractivity contribution in [2.45, 2.75) is 13.3 Å². The van der Waals surface area contributed by atoms with E-state index in [1.165, 1.54) is 0 Å². The quantitative estimate of drug-likeness (QED) is 0.447. The van der Waals surface area contributed by atoms with Crippen molar-refractivity contribution in [2.24, 2.45) is 0 Å². The summed E-state index contributed by atoms with van der Waals surface area (Å²) in [4.78, 5) is 15.0. The van der Waals surface area contributed by atoms with E-state index in [9.17, 15) is 15.0 Å². The number of carboxylic acids is 1. The Morgan fingerprint density at radius 2 is 1.87 bits per heavy atom. The van der Waals surface area contributed by atoms with Gasteiger partial charge in [0.25, 0.3) is 0 Å². The molecule has 0 saturated carbocycles. The van der Waals surface area contributed by atoms with Crippen molar-refractivity contribution in [1.82, 2.24) is 14.6 Å². The Morgan fingerprint density at radius 3 is 2.48 bits per heavy atom. The third-order valence-electron chi connectivity index (χ3n) is 3.25. The molecule has 0 spiro atoms. The van der Waals surface area contributed by atoms with Crippen LogP contribution in [0.3, 0.4) is 0 Å². The Bertz CT molecular complexity index is 835. The SMILES string of the molecule is Cc1nc2cc(-c3ccccc3)nn2c([O-])c1CC(=O)[O-].[Na+].[Na+]. The number of carbonyl (C=O) groups excluding carboxylic acids is 1. The second-order valence-electron chi connectivity index (χ2n) is 4.70. The summed E-state index contributed by atoms with van der Waals surface area (Å²) in [5.74, 6) is -1.78. The molecule has 1 aromatic carbocycles. The minimum atomic E-state index is -1.31. The van der Waals surface area contributed by atoms with Crippen molar-refractivity contribution in [2.75, 3.05) is 0 Å². The molecule has 106 valence electrons. The molecule has 23 heavy (non-hydrogen) atoms. The number of fused-ring (bicyclic) bond motifs is 1. The zero-order valence-electron chi connectivity index (χ0n) is 13.2. The van der Waals surface area contributed by atoms with Gasteiger partial charge in [0, 0.05) is 29.7 Å². The number of rotatable bonds is 3. The first-order valence-electron chi connectivity index (χ1n) is 6.38. The Hall–Kier alpha value is -0.890. The average Bonchev–Trinajstić information content (AvgIpc) is 2.88. The molecule has 0 aliphatic rings. The molecule has 0 fully saturated rings. The van der Waals surface area contributed by atoms with E-state index in [1.54, 1.807) is 13.0 Å². The number of aromatic nitrogens is 3. The molecular weight excluding hydrogens is 316 g/mol. The number of hydrogen-bond acceptors (Lipinski definition) is 5. The van der Waals surface area contributed by atoms with E-state index in [0.29, 0.717) is 17.0 Å². The van der Waals surface area contributed by atoms with E-state index < -0.39 is 18.3 Å². The van der Waals surface area contributed by atoms with Gasteiger partial charge < -0.3 is 15.0 Å². The monoisotopic (exact) mass is 327 g/mol. The molecule has 2 aromatic heterocycles. The number of carbonyl (C=O) groups is 1. The van der Waals surface area contributed by atoms with Crippen LogP contribution in [0, 0.1) is 6.92 Å². The number of nitrogens with zero attached hydrogens (tertiary/aromatic N) is 3. The molecule has 0 unspecified atom stereocenters. The van der Waals surface area contributed by atoms with Gasteiger partial charge in [-0.05, 0) is 18.4 Å². The van der Waals surface area contributed by atoms with Crippen LogP contribution in [0.4, 0.5) is 0 Å². The zero-order valence-corrected chi connectivity index (χ0v) is 17.2. The van der Waals surface area contributed by atoms with E-state index >= 15 is 0 Å². The summed E-state index contributed by atoms with van der Waals surface area (Å²) in [6.07, 6.45) is -0.464. The van der Waals surface area contributed by atoms with E-state index in [0.717, 1.165) is 10.1 Å². The fraction of sp³-hybridized carbons (Fsp3) is 0.133. The number of benzene rings is 1. The molecule has 0 radical (unpaired) electrons. The maximum Gasteiger partial charge on any atom is 1.00 e. The standard InChI is InChI=1S/C15H13N3O3.2Na/c1-9-11(7-14(19)20)15(21)18-13(16-9)8-12(17-18)10-5-3-2-4-6-10;;/h2-6,8,21H,7H2,1H3,(H,19,20);;/q;2*+1/p-2. The van der Waals surface area contributed by atoms with Crippen molar-refractivity contribution >= 4 is 11.6 Å². The maximum absolute atomic E-state index is 12.3. The van der Waals surface area contributed by atoms with E-state index in [-0.39, 0.29) is 64.7 Å². The first-order valence-corrected chi connectivity index (χ1v) is 6.38. The molecule has 3 rings (SSSR count). The van der Waals surface area contributed by atoms with Crippen LogP contribution in [0.2, 0.25) is 0 Å². The van der Waals surface area contributed by atoms with Crippen molar-refractivity contribution in [3.05, 3.63) is 47.7 Å². The van der Waals surface area contributed by atoms with Gasteiger partial charge >= 0.3 is 59.1 Å². The molecule has 0 saturated heterocycles. The first kappa shape index (κ1) is 20.2. The Labute approximate surface area is 177 Å². The van der Waals surface area contributed by atoms with Gasteiger partial charge in [-0.2, -0.15) is 5.10 Å². The number of aliphatic carboxylic acids is 1. The van der Waals surface area contributed by atoms with Crippen LogP contribution in [0.5, 0.6) is 5.88 Å². The van der Waals surface area contributed by atoms with Crippen molar-refractivity contribution in [1.29, 1.82) is 0 Å². The Morgan fingerprint density at radius 1 is 1.22 bits per heavy atom. The minimum absolute atomic E-state index is 0. The topological polar surface area (TPSA) is 93.4 Å². The van der Waals surface area contributed by atoms with Crippen LogP contribution in [-0.2, 0) is 11.2 Å². The summed E-state index contributed by atoms with van der Waals surface area (Å²) in [6, 6.07) is 11.1. The molecule has 0 N–H and O–H groups in total. The summed E-state index contributed by atoms with van der Waals surface area (Å²) in [6.45, 7) is 1.61. The van der Waals surface area contributed by atoms with E-state index in [1.807, 2.05) is 30.3 Å². The number of hydrogen-bond donors (Lipinski definition) is 0. The van der Waals surface area contributed by atoms with Crippen LogP contribution in [0.1, 0.15) is 11.3 Å². The molecule has 0 bridgehead atoms.